The molecule has 5 nitrogen and oxygen atoms in total. The zero-order valence-corrected chi connectivity index (χ0v) is 10.7. The Morgan fingerprint density at radius 3 is 2.35 bits per heavy atom. The van der Waals surface area contributed by atoms with Crippen molar-refractivity contribution < 1.29 is 24.5 Å². The SMILES string of the molecule is Cc1cccc(C(=O)Oc2ccccc2C(=O)O)c1O. The molecule has 0 spiro atoms. The highest BCUT2D eigenvalue weighted by atomic mass is 16.5. The summed E-state index contributed by atoms with van der Waals surface area (Å²) >= 11 is 0. The highest BCUT2D eigenvalue weighted by Gasteiger charge is 2.18. The number of carboxylic acids is 1. The molecule has 102 valence electrons. The molecular weight excluding hydrogens is 260 g/mol. The van der Waals surface area contributed by atoms with Gasteiger partial charge in [0.25, 0.3) is 0 Å². The Hall–Kier alpha value is -2.82. The molecule has 0 aromatic heterocycles. The van der Waals surface area contributed by atoms with Gasteiger partial charge in [-0.2, -0.15) is 0 Å². The van der Waals surface area contributed by atoms with E-state index in [1.165, 1.54) is 24.3 Å². The van der Waals surface area contributed by atoms with E-state index in [2.05, 4.69) is 0 Å². The summed E-state index contributed by atoms with van der Waals surface area (Å²) in [6.45, 7) is 1.65. The Bertz CT molecular complexity index is 676. The predicted octanol–water partition coefficient (Wildman–Crippen LogP) is 2.62. The van der Waals surface area contributed by atoms with Crippen LogP contribution in [0, 0.1) is 6.92 Å². The summed E-state index contributed by atoms with van der Waals surface area (Å²) < 4.78 is 5.05. The number of carboxylic acid groups (broad SMARTS) is 1. The third kappa shape index (κ3) is 2.61. The molecule has 0 heterocycles. The molecule has 2 N–H and O–H groups in total. The van der Waals surface area contributed by atoms with Gasteiger partial charge in [0.15, 0.2) is 0 Å². The largest absolute Gasteiger partial charge is 0.507 e. The van der Waals surface area contributed by atoms with Crippen LogP contribution in [0.4, 0.5) is 0 Å². The second-order valence-electron chi connectivity index (χ2n) is 4.16. The lowest BCUT2D eigenvalue weighted by atomic mass is 10.1. The van der Waals surface area contributed by atoms with Crippen molar-refractivity contribution >= 4 is 11.9 Å². The van der Waals surface area contributed by atoms with Crippen LogP contribution < -0.4 is 4.74 Å². The summed E-state index contributed by atoms with van der Waals surface area (Å²) in [5, 5.41) is 18.8. The number of aryl methyl sites for hydroxylation is 1. The molecule has 0 amide bonds. The number of aromatic hydroxyl groups is 1. The number of carbonyl (C=O) groups is 2. The molecule has 2 aromatic rings. The van der Waals surface area contributed by atoms with Crippen molar-refractivity contribution in [1.29, 1.82) is 0 Å². The third-order valence-corrected chi connectivity index (χ3v) is 2.78. The number of phenolic OH excluding ortho intramolecular Hbond substituents is 1. The van der Waals surface area contributed by atoms with Crippen molar-refractivity contribution in [3.05, 3.63) is 59.2 Å². The lowest BCUT2D eigenvalue weighted by Crippen LogP contribution is -2.12. The Kier molecular flexibility index (Phi) is 3.70. The number of hydrogen-bond acceptors (Lipinski definition) is 4. The molecule has 0 aliphatic rings. The van der Waals surface area contributed by atoms with Gasteiger partial charge in [0.05, 0.1) is 0 Å². The molecule has 0 aliphatic carbocycles. The van der Waals surface area contributed by atoms with Crippen LogP contribution in [0.3, 0.4) is 0 Å². The first-order valence-corrected chi connectivity index (χ1v) is 5.84. The van der Waals surface area contributed by atoms with E-state index in [0.717, 1.165) is 0 Å². The monoisotopic (exact) mass is 272 g/mol. The molecule has 0 radical (unpaired) electrons. The molecule has 5 heteroatoms. The van der Waals surface area contributed by atoms with Crippen molar-refractivity contribution in [1.82, 2.24) is 0 Å². The van der Waals surface area contributed by atoms with Gasteiger partial charge in [-0.15, -0.1) is 0 Å². The Labute approximate surface area is 115 Å². The molecule has 0 atom stereocenters. The molecule has 2 rings (SSSR count). The average Bonchev–Trinajstić information content (AvgIpc) is 2.42. The number of benzene rings is 2. The number of carbonyl (C=O) groups excluding carboxylic acids is 1. The maximum atomic E-state index is 12.0. The van der Waals surface area contributed by atoms with Crippen LogP contribution >= 0.6 is 0 Å². The number of rotatable bonds is 3. The van der Waals surface area contributed by atoms with Gasteiger partial charge in [-0.3, -0.25) is 0 Å². The van der Waals surface area contributed by atoms with E-state index >= 15 is 0 Å². The molecule has 0 aliphatic heterocycles. The first-order chi connectivity index (χ1) is 9.50. The molecule has 20 heavy (non-hydrogen) atoms. The van der Waals surface area contributed by atoms with Gasteiger partial charge in [-0.05, 0) is 30.7 Å². The van der Waals surface area contributed by atoms with Crippen LogP contribution in [0.5, 0.6) is 11.5 Å². The van der Waals surface area contributed by atoms with Crippen LogP contribution in [0.1, 0.15) is 26.3 Å². The van der Waals surface area contributed by atoms with Crippen LogP contribution in [0.2, 0.25) is 0 Å². The number of esters is 1. The summed E-state index contributed by atoms with van der Waals surface area (Å²) in [6, 6.07) is 10.5. The van der Waals surface area contributed by atoms with Crippen molar-refractivity contribution in [2.75, 3.05) is 0 Å². The van der Waals surface area contributed by atoms with E-state index < -0.39 is 11.9 Å². The van der Waals surface area contributed by atoms with Crippen LogP contribution in [0.25, 0.3) is 0 Å². The summed E-state index contributed by atoms with van der Waals surface area (Å²) in [5.41, 5.74) is 0.407. The van der Waals surface area contributed by atoms with Gasteiger partial charge in [-0.1, -0.05) is 24.3 Å². The molecule has 2 aromatic carbocycles. The number of para-hydroxylation sites is 2. The van der Waals surface area contributed by atoms with Crippen molar-refractivity contribution in [2.24, 2.45) is 0 Å². The minimum Gasteiger partial charge on any atom is -0.507 e. The Morgan fingerprint density at radius 1 is 1.00 bits per heavy atom. The van der Waals surface area contributed by atoms with Gasteiger partial charge in [0.1, 0.15) is 22.6 Å². The van der Waals surface area contributed by atoms with E-state index in [0.29, 0.717) is 5.56 Å². The van der Waals surface area contributed by atoms with Crippen LogP contribution in [-0.4, -0.2) is 22.2 Å². The van der Waals surface area contributed by atoms with E-state index in [1.54, 1.807) is 25.1 Å². The maximum Gasteiger partial charge on any atom is 0.347 e. The maximum absolute atomic E-state index is 12.0. The van der Waals surface area contributed by atoms with Crippen molar-refractivity contribution in [3.8, 4) is 11.5 Å². The summed E-state index contributed by atoms with van der Waals surface area (Å²) in [6.07, 6.45) is 0. The fourth-order valence-electron chi connectivity index (χ4n) is 1.71. The minimum absolute atomic E-state index is 0.00908. The lowest BCUT2D eigenvalue weighted by molar-refractivity contribution is 0.0681. The fourth-order valence-corrected chi connectivity index (χ4v) is 1.71. The minimum atomic E-state index is -1.19. The van der Waals surface area contributed by atoms with Crippen LogP contribution in [0.15, 0.2) is 42.5 Å². The fraction of sp³-hybridized carbons (Fsp3) is 0.0667. The molecule has 0 unspecified atom stereocenters. The van der Waals surface area contributed by atoms with Gasteiger partial charge in [0, 0.05) is 0 Å². The number of ether oxygens (including phenoxy) is 1. The van der Waals surface area contributed by atoms with Gasteiger partial charge in [-0.25, -0.2) is 9.59 Å². The van der Waals surface area contributed by atoms with E-state index in [1.807, 2.05) is 0 Å². The zero-order valence-electron chi connectivity index (χ0n) is 10.7. The summed E-state index contributed by atoms with van der Waals surface area (Å²) in [4.78, 5) is 23.0. The second-order valence-corrected chi connectivity index (χ2v) is 4.16. The third-order valence-electron chi connectivity index (χ3n) is 2.78. The topological polar surface area (TPSA) is 83.8 Å². The van der Waals surface area contributed by atoms with Crippen molar-refractivity contribution in [3.63, 3.8) is 0 Å². The molecule has 0 bridgehead atoms. The van der Waals surface area contributed by atoms with E-state index in [9.17, 15) is 14.7 Å². The summed E-state index contributed by atoms with van der Waals surface area (Å²) in [5.74, 6) is -2.24. The van der Waals surface area contributed by atoms with E-state index in [4.69, 9.17) is 9.84 Å². The van der Waals surface area contributed by atoms with E-state index in [-0.39, 0.29) is 22.6 Å². The first kappa shape index (κ1) is 13.6. The van der Waals surface area contributed by atoms with Gasteiger partial charge in [0.2, 0.25) is 0 Å². The second kappa shape index (κ2) is 5.44. The Morgan fingerprint density at radius 2 is 1.65 bits per heavy atom. The quantitative estimate of drug-likeness (QED) is 0.662. The number of hydrogen-bond donors (Lipinski definition) is 2. The average molecular weight is 272 g/mol. The van der Waals surface area contributed by atoms with Gasteiger partial charge >= 0.3 is 11.9 Å². The number of aromatic carboxylic acids is 1. The first-order valence-electron chi connectivity index (χ1n) is 5.84. The van der Waals surface area contributed by atoms with Crippen molar-refractivity contribution in [2.45, 2.75) is 6.92 Å². The standard InChI is InChI=1S/C15H12O5/c1-9-5-4-7-11(13(9)16)15(19)20-12-8-3-2-6-10(12)14(17)18/h2-8,16H,1H3,(H,17,18). The van der Waals surface area contributed by atoms with Gasteiger partial charge < -0.3 is 14.9 Å². The summed E-state index contributed by atoms with van der Waals surface area (Å²) in [7, 11) is 0. The zero-order chi connectivity index (χ0) is 14.7. The molecule has 0 saturated carbocycles. The lowest BCUT2D eigenvalue weighted by Gasteiger charge is -2.09. The highest BCUT2D eigenvalue weighted by molar-refractivity contribution is 5.97. The predicted molar refractivity (Wildman–Crippen MR) is 71.2 cm³/mol. The van der Waals surface area contributed by atoms with Crippen LogP contribution in [-0.2, 0) is 0 Å². The molecule has 0 fully saturated rings. The smallest absolute Gasteiger partial charge is 0.347 e. The highest BCUT2D eigenvalue weighted by Crippen LogP contribution is 2.24. The normalized spacial score (nSPS) is 10.1. The Balaban J connectivity index is 2.33. The molecule has 0 saturated heterocycles. The number of phenols is 1. The molecular formula is C15H12O5.